The van der Waals surface area contributed by atoms with Gasteiger partial charge >= 0.3 is 0 Å². The van der Waals surface area contributed by atoms with E-state index in [1.165, 1.54) is 24.4 Å². The number of carbonyl (C=O) groups is 1. The molecule has 0 unspecified atom stereocenters. The summed E-state index contributed by atoms with van der Waals surface area (Å²) in [6.45, 7) is 0. The van der Waals surface area contributed by atoms with Gasteiger partial charge < -0.3 is 11.5 Å². The molecule has 1 fully saturated rings. The summed E-state index contributed by atoms with van der Waals surface area (Å²) in [5.41, 5.74) is 11.9. The van der Waals surface area contributed by atoms with E-state index in [1.807, 2.05) is 0 Å². The monoisotopic (exact) mass is 355 g/mol. The molecule has 1 aromatic carbocycles. The zero-order chi connectivity index (χ0) is 15.9. The molecule has 7 heteroatoms. The van der Waals surface area contributed by atoms with Gasteiger partial charge in [-0.1, -0.05) is 17.7 Å². The van der Waals surface area contributed by atoms with Crippen molar-refractivity contribution in [2.75, 3.05) is 5.73 Å². The maximum absolute atomic E-state index is 14.8. The van der Waals surface area contributed by atoms with Crippen molar-refractivity contribution in [3.8, 4) is 0 Å². The minimum Gasteiger partial charge on any atom is -0.384 e. The van der Waals surface area contributed by atoms with Crippen LogP contribution in [0.2, 0.25) is 5.02 Å². The highest BCUT2D eigenvalue weighted by atomic mass is 35.5. The van der Waals surface area contributed by atoms with Crippen LogP contribution in [0.5, 0.6) is 0 Å². The Kier molecular flexibility index (Phi) is 5.24. The van der Waals surface area contributed by atoms with E-state index in [0.29, 0.717) is 5.56 Å². The lowest BCUT2D eigenvalue weighted by molar-refractivity contribution is 0.103. The molecule has 1 aromatic heterocycles. The van der Waals surface area contributed by atoms with E-state index in [-0.39, 0.29) is 40.3 Å². The normalized spacial score (nSPS) is 14.9. The molecule has 1 aliphatic rings. The fourth-order valence-corrected chi connectivity index (χ4v) is 2.66. The van der Waals surface area contributed by atoms with E-state index in [4.69, 9.17) is 23.1 Å². The first-order valence-electron chi connectivity index (χ1n) is 6.98. The van der Waals surface area contributed by atoms with Crippen LogP contribution in [0.15, 0.2) is 30.5 Å². The highest BCUT2D eigenvalue weighted by Gasteiger charge is 2.33. The molecule has 2 aromatic rings. The van der Waals surface area contributed by atoms with Crippen LogP contribution >= 0.6 is 24.0 Å². The van der Waals surface area contributed by atoms with E-state index < -0.39 is 17.6 Å². The lowest BCUT2D eigenvalue weighted by atomic mass is 9.96. The highest BCUT2D eigenvalue weighted by molar-refractivity contribution is 6.35. The minimum absolute atomic E-state index is 0. The standard InChI is InChI=1S/C16H15ClFN3O.ClH/c17-11-5-4-10(15(20)8-1-2-8)14(18)13(11)16(22)9-3-6-12(19)21-7-9;/h3-8,15H,1-2,20H2,(H2,19,21);1H/t15-;/m1./s1. The van der Waals surface area contributed by atoms with E-state index in [9.17, 15) is 9.18 Å². The van der Waals surface area contributed by atoms with Crippen LogP contribution in [-0.4, -0.2) is 10.8 Å². The summed E-state index contributed by atoms with van der Waals surface area (Å²) >= 11 is 6.03. The second kappa shape index (κ2) is 6.83. The topological polar surface area (TPSA) is 82.0 Å². The number of rotatable bonds is 4. The van der Waals surface area contributed by atoms with Crippen LogP contribution in [0, 0.1) is 11.7 Å². The van der Waals surface area contributed by atoms with Crippen LogP contribution in [-0.2, 0) is 0 Å². The van der Waals surface area contributed by atoms with Crippen LogP contribution in [0.4, 0.5) is 10.2 Å². The van der Waals surface area contributed by atoms with Crippen LogP contribution in [0.3, 0.4) is 0 Å². The molecule has 0 bridgehead atoms. The van der Waals surface area contributed by atoms with Crippen molar-refractivity contribution in [2.24, 2.45) is 11.7 Å². The van der Waals surface area contributed by atoms with Gasteiger partial charge in [0, 0.05) is 23.4 Å². The number of nitrogen functional groups attached to an aromatic ring is 1. The molecule has 1 aliphatic carbocycles. The molecule has 0 saturated heterocycles. The predicted molar refractivity (Wildman–Crippen MR) is 90.4 cm³/mol. The van der Waals surface area contributed by atoms with Crippen molar-refractivity contribution in [3.05, 3.63) is 58.0 Å². The van der Waals surface area contributed by atoms with Crippen LogP contribution in [0.1, 0.15) is 40.4 Å². The Labute approximate surface area is 144 Å². The number of pyridine rings is 1. The summed E-state index contributed by atoms with van der Waals surface area (Å²) in [5, 5.41) is 0.0612. The molecule has 122 valence electrons. The van der Waals surface area contributed by atoms with Gasteiger partial charge in [-0.2, -0.15) is 0 Å². The molecule has 0 spiro atoms. The smallest absolute Gasteiger partial charge is 0.199 e. The van der Waals surface area contributed by atoms with Gasteiger partial charge in [0.25, 0.3) is 0 Å². The Balaban J connectivity index is 0.00000192. The largest absolute Gasteiger partial charge is 0.384 e. The van der Waals surface area contributed by atoms with Crippen molar-refractivity contribution < 1.29 is 9.18 Å². The Morgan fingerprint density at radius 3 is 2.57 bits per heavy atom. The molecule has 4 N–H and O–H groups in total. The number of nitrogens with two attached hydrogens (primary N) is 2. The van der Waals surface area contributed by atoms with Crippen LogP contribution < -0.4 is 11.5 Å². The summed E-state index contributed by atoms with van der Waals surface area (Å²) in [7, 11) is 0. The number of carbonyl (C=O) groups excluding carboxylic acids is 1. The van der Waals surface area contributed by atoms with Crippen molar-refractivity contribution in [3.63, 3.8) is 0 Å². The Morgan fingerprint density at radius 2 is 2.00 bits per heavy atom. The molecule has 4 nitrogen and oxygen atoms in total. The van der Waals surface area contributed by atoms with E-state index >= 15 is 0 Å². The van der Waals surface area contributed by atoms with Gasteiger partial charge in [-0.3, -0.25) is 4.79 Å². The Morgan fingerprint density at radius 1 is 1.30 bits per heavy atom. The second-order valence-corrected chi connectivity index (χ2v) is 5.90. The number of benzene rings is 1. The molecule has 1 heterocycles. The first-order chi connectivity index (χ1) is 10.5. The molecular weight excluding hydrogens is 340 g/mol. The SMILES string of the molecule is Cl.Nc1ccc(C(=O)c2c(Cl)ccc([C@H](N)C3CC3)c2F)cn1. The van der Waals surface area contributed by atoms with Crippen LogP contribution in [0.25, 0.3) is 0 Å². The number of hydrogen-bond acceptors (Lipinski definition) is 4. The fourth-order valence-electron chi connectivity index (χ4n) is 2.43. The second-order valence-electron chi connectivity index (χ2n) is 5.49. The van der Waals surface area contributed by atoms with Gasteiger partial charge in [-0.25, -0.2) is 9.37 Å². The molecule has 0 aliphatic heterocycles. The number of hydrogen-bond donors (Lipinski definition) is 2. The maximum atomic E-state index is 14.8. The number of nitrogens with zero attached hydrogens (tertiary/aromatic N) is 1. The van der Waals surface area contributed by atoms with Gasteiger partial charge in [-0.05, 0) is 37.0 Å². The summed E-state index contributed by atoms with van der Waals surface area (Å²) in [6.07, 6.45) is 3.27. The van der Waals surface area contributed by atoms with Crippen molar-refractivity contribution in [1.29, 1.82) is 0 Å². The predicted octanol–water partition coefficient (Wildman–Crippen LogP) is 3.52. The van der Waals surface area contributed by atoms with Gasteiger partial charge in [0.1, 0.15) is 11.6 Å². The van der Waals surface area contributed by atoms with Gasteiger partial charge in [-0.15, -0.1) is 12.4 Å². The third-order valence-corrected chi connectivity index (χ3v) is 4.20. The number of anilines is 1. The van der Waals surface area contributed by atoms with E-state index in [0.717, 1.165) is 12.8 Å². The van der Waals surface area contributed by atoms with Gasteiger partial charge in [0.15, 0.2) is 5.78 Å². The quantitative estimate of drug-likeness (QED) is 0.822. The van der Waals surface area contributed by atoms with E-state index in [2.05, 4.69) is 4.98 Å². The fraction of sp³-hybridized carbons (Fsp3) is 0.250. The van der Waals surface area contributed by atoms with Crippen molar-refractivity contribution >= 4 is 35.6 Å². The van der Waals surface area contributed by atoms with Crippen molar-refractivity contribution in [2.45, 2.75) is 18.9 Å². The van der Waals surface area contributed by atoms with E-state index in [1.54, 1.807) is 6.07 Å². The minimum atomic E-state index is -0.645. The summed E-state index contributed by atoms with van der Waals surface area (Å²) in [6, 6.07) is 5.64. The average Bonchev–Trinajstić information content (AvgIpc) is 3.32. The molecule has 0 amide bonds. The lowest BCUT2D eigenvalue weighted by Gasteiger charge is -2.15. The molecule has 1 atom stereocenters. The third kappa shape index (κ3) is 3.47. The van der Waals surface area contributed by atoms with Gasteiger partial charge in [0.05, 0.1) is 10.6 Å². The Bertz CT molecular complexity index is 733. The number of aromatic nitrogens is 1. The van der Waals surface area contributed by atoms with Gasteiger partial charge in [0.2, 0.25) is 0 Å². The third-order valence-electron chi connectivity index (χ3n) is 3.89. The Hall–Kier alpha value is -1.69. The van der Waals surface area contributed by atoms with Crippen molar-refractivity contribution in [1.82, 2.24) is 4.98 Å². The zero-order valence-electron chi connectivity index (χ0n) is 12.1. The molecule has 1 saturated carbocycles. The lowest BCUT2D eigenvalue weighted by Crippen LogP contribution is -2.17. The highest BCUT2D eigenvalue weighted by Crippen LogP contribution is 2.41. The number of halogens is 3. The maximum Gasteiger partial charge on any atom is 0.199 e. The zero-order valence-corrected chi connectivity index (χ0v) is 13.7. The molecule has 3 rings (SSSR count). The summed E-state index contributed by atoms with van der Waals surface area (Å²) in [4.78, 5) is 16.4. The first kappa shape index (κ1) is 17.7. The summed E-state index contributed by atoms with van der Waals surface area (Å²) < 4.78 is 14.8. The first-order valence-corrected chi connectivity index (χ1v) is 7.36. The molecule has 0 radical (unpaired) electrons. The average molecular weight is 356 g/mol. The number of ketones is 1. The molecular formula is C16H16Cl2FN3O. The molecule has 23 heavy (non-hydrogen) atoms. The summed E-state index contributed by atoms with van der Waals surface area (Å²) in [5.74, 6) is -0.613.